The van der Waals surface area contributed by atoms with Crippen molar-refractivity contribution in [1.29, 1.82) is 0 Å². The fourth-order valence-electron chi connectivity index (χ4n) is 3.84. The second kappa shape index (κ2) is 13.8. The summed E-state index contributed by atoms with van der Waals surface area (Å²) in [6.45, 7) is 3.73. The monoisotopic (exact) mass is 500 g/mol. The molecule has 0 aliphatic carbocycles. The maximum absolute atomic E-state index is 13.1. The molecule has 0 spiro atoms. The van der Waals surface area contributed by atoms with Crippen molar-refractivity contribution in [3.05, 3.63) is 71.8 Å². The van der Waals surface area contributed by atoms with E-state index in [1.165, 1.54) is 0 Å². The van der Waals surface area contributed by atoms with Crippen LogP contribution in [0.5, 0.6) is 0 Å². The van der Waals surface area contributed by atoms with E-state index in [4.69, 9.17) is 0 Å². The zero-order chi connectivity index (χ0) is 25.8. The first-order valence-corrected chi connectivity index (χ1v) is 14.2. The number of carbonyl (C=O) groups excluding carboxylic acids is 2. The van der Waals surface area contributed by atoms with Gasteiger partial charge in [-0.2, -0.15) is 0 Å². The largest absolute Gasteiger partial charge is 0.480 e. The van der Waals surface area contributed by atoms with Gasteiger partial charge >= 0.3 is 14.5 Å². The van der Waals surface area contributed by atoms with E-state index in [1.54, 1.807) is 0 Å². The van der Waals surface area contributed by atoms with Crippen LogP contribution in [0.15, 0.2) is 60.7 Å². The van der Waals surface area contributed by atoms with Crippen molar-refractivity contribution in [2.45, 2.75) is 51.6 Å². The van der Waals surface area contributed by atoms with Crippen LogP contribution >= 0.6 is 0 Å². The summed E-state index contributed by atoms with van der Waals surface area (Å²) in [5.74, 6) is -2.78. The van der Waals surface area contributed by atoms with E-state index in [0.29, 0.717) is 6.42 Å². The molecule has 0 aliphatic rings. The van der Waals surface area contributed by atoms with Gasteiger partial charge in [-0.05, 0) is 36.3 Å². The van der Waals surface area contributed by atoms with Crippen molar-refractivity contribution in [1.82, 2.24) is 10.6 Å². The molecular formula is C26H36N2O6Si. The van der Waals surface area contributed by atoms with Crippen molar-refractivity contribution in [2.24, 2.45) is 11.8 Å². The number of carboxylic acids is 1. The second-order valence-corrected chi connectivity index (χ2v) is 12.1. The average molecular weight is 501 g/mol. The minimum Gasteiger partial charge on any atom is -0.480 e. The van der Waals surface area contributed by atoms with Gasteiger partial charge in [-0.3, -0.25) is 9.59 Å². The molecule has 2 amide bonds. The Hall–Kier alpha value is -3.01. The standard InChI is InChI=1S/C26H36N2O6Si/c1-19(2)15-23(26(31)32)28-25(30)22(16-21-11-7-4-8-12-21)17-35(33,34)18-27-24(29)14-13-20-9-5-3-6-10-20/h3-12,19,22-23,33-34H,13-18H2,1-2H3,(H,27,29)(H,28,30)(H,31,32)/t22-,23+/m1/s1. The number of carbonyl (C=O) groups is 3. The van der Waals surface area contributed by atoms with Crippen LogP contribution in [0.1, 0.15) is 37.8 Å². The molecule has 2 atom stereocenters. The van der Waals surface area contributed by atoms with Crippen LogP contribution in [-0.2, 0) is 27.2 Å². The van der Waals surface area contributed by atoms with Crippen LogP contribution in [0.25, 0.3) is 0 Å². The van der Waals surface area contributed by atoms with Gasteiger partial charge in [0, 0.05) is 18.4 Å². The number of hydrogen-bond acceptors (Lipinski definition) is 5. The van der Waals surface area contributed by atoms with Gasteiger partial charge in [-0.1, -0.05) is 74.5 Å². The Morgan fingerprint density at radius 3 is 2.03 bits per heavy atom. The highest BCUT2D eigenvalue weighted by molar-refractivity contribution is 6.65. The molecule has 9 heteroatoms. The SMILES string of the molecule is CC(C)C[C@H](NC(=O)[C@H](Cc1ccccc1)C[Si](O)(O)CNC(=O)CCc1ccccc1)C(=O)O. The number of rotatable bonds is 14. The highest BCUT2D eigenvalue weighted by Crippen LogP contribution is 2.19. The molecule has 2 aromatic carbocycles. The van der Waals surface area contributed by atoms with E-state index in [9.17, 15) is 29.1 Å². The minimum atomic E-state index is -4.00. The van der Waals surface area contributed by atoms with Crippen LogP contribution in [-0.4, -0.2) is 53.3 Å². The van der Waals surface area contributed by atoms with Gasteiger partial charge in [0.05, 0.1) is 6.17 Å². The molecule has 0 bridgehead atoms. The summed E-state index contributed by atoms with van der Waals surface area (Å²) in [6.07, 6.45) is 0.908. The van der Waals surface area contributed by atoms with Gasteiger partial charge in [0.2, 0.25) is 11.8 Å². The normalized spacial score (nSPS) is 13.2. The molecule has 0 saturated carbocycles. The average Bonchev–Trinajstić information content (AvgIpc) is 2.81. The van der Waals surface area contributed by atoms with Gasteiger partial charge in [0.15, 0.2) is 0 Å². The number of aryl methyl sites for hydroxylation is 1. The topological polar surface area (TPSA) is 136 Å². The summed E-state index contributed by atoms with van der Waals surface area (Å²) in [6, 6.07) is 17.3. The van der Waals surface area contributed by atoms with Crippen molar-refractivity contribution in [2.75, 3.05) is 6.17 Å². The van der Waals surface area contributed by atoms with Gasteiger partial charge in [-0.15, -0.1) is 0 Å². The maximum Gasteiger partial charge on any atom is 0.353 e. The molecule has 8 nitrogen and oxygen atoms in total. The Bertz CT molecular complexity index is 953. The molecule has 2 aromatic rings. The van der Waals surface area contributed by atoms with Crippen molar-refractivity contribution < 1.29 is 29.1 Å². The molecule has 5 N–H and O–H groups in total. The maximum atomic E-state index is 13.1. The zero-order valence-electron chi connectivity index (χ0n) is 20.3. The lowest BCUT2D eigenvalue weighted by molar-refractivity contribution is -0.142. The molecule has 0 saturated heterocycles. The lowest BCUT2D eigenvalue weighted by atomic mass is 9.98. The predicted octanol–water partition coefficient (Wildman–Crippen LogP) is 2.18. The van der Waals surface area contributed by atoms with Crippen molar-refractivity contribution in [3.63, 3.8) is 0 Å². The number of benzene rings is 2. The van der Waals surface area contributed by atoms with E-state index in [-0.39, 0.29) is 43.3 Å². The first kappa shape index (κ1) is 28.2. The fourth-order valence-corrected chi connectivity index (χ4v) is 5.58. The lowest BCUT2D eigenvalue weighted by Gasteiger charge is -2.26. The number of hydrogen-bond donors (Lipinski definition) is 5. The molecule has 0 unspecified atom stereocenters. The fraction of sp³-hybridized carbons (Fsp3) is 0.423. The second-order valence-electron chi connectivity index (χ2n) is 9.36. The van der Waals surface area contributed by atoms with Gasteiger partial charge in [0.25, 0.3) is 0 Å². The summed E-state index contributed by atoms with van der Waals surface area (Å²) in [5, 5.41) is 14.7. The zero-order valence-corrected chi connectivity index (χ0v) is 21.3. The van der Waals surface area contributed by atoms with Gasteiger partial charge < -0.3 is 25.3 Å². The smallest absolute Gasteiger partial charge is 0.353 e. The Morgan fingerprint density at radius 2 is 1.49 bits per heavy atom. The number of nitrogens with one attached hydrogen (secondary N) is 2. The summed E-state index contributed by atoms with van der Waals surface area (Å²) < 4.78 is 0. The first-order valence-electron chi connectivity index (χ1n) is 11.9. The molecule has 0 heterocycles. The summed E-state index contributed by atoms with van der Waals surface area (Å²) >= 11 is 0. The van der Waals surface area contributed by atoms with Crippen LogP contribution in [0.3, 0.4) is 0 Å². The van der Waals surface area contributed by atoms with Crippen LogP contribution < -0.4 is 10.6 Å². The molecule has 2 rings (SSSR count). The van der Waals surface area contributed by atoms with Crippen LogP contribution in [0, 0.1) is 11.8 Å². The van der Waals surface area contributed by atoms with E-state index in [0.717, 1.165) is 11.1 Å². The highest BCUT2D eigenvalue weighted by atomic mass is 28.4. The molecule has 0 radical (unpaired) electrons. The lowest BCUT2D eigenvalue weighted by Crippen LogP contribution is -2.52. The Labute approximate surface area is 207 Å². The van der Waals surface area contributed by atoms with E-state index >= 15 is 0 Å². The van der Waals surface area contributed by atoms with Crippen molar-refractivity contribution >= 4 is 26.3 Å². The van der Waals surface area contributed by atoms with Crippen LogP contribution in [0.2, 0.25) is 6.04 Å². The predicted molar refractivity (Wildman–Crippen MR) is 135 cm³/mol. The van der Waals surface area contributed by atoms with E-state index in [1.807, 2.05) is 74.5 Å². The number of aliphatic carboxylic acids is 1. The highest BCUT2D eigenvalue weighted by Gasteiger charge is 2.37. The Morgan fingerprint density at radius 1 is 0.914 bits per heavy atom. The summed E-state index contributed by atoms with van der Waals surface area (Å²) in [5.41, 5.74) is 1.83. The minimum absolute atomic E-state index is 0.0548. The third-order valence-corrected chi connectivity index (χ3v) is 7.53. The number of amides is 2. The molecule has 0 fully saturated rings. The van der Waals surface area contributed by atoms with E-state index in [2.05, 4.69) is 10.6 Å². The number of carboxylic acid groups (broad SMARTS) is 1. The third kappa shape index (κ3) is 10.8. The van der Waals surface area contributed by atoms with E-state index < -0.39 is 32.4 Å². The summed E-state index contributed by atoms with van der Waals surface area (Å²) in [7, 11) is -4.00. The van der Waals surface area contributed by atoms with Gasteiger partial charge in [-0.25, -0.2) is 4.79 Å². The Kier molecular flexibility index (Phi) is 11.1. The first-order chi connectivity index (χ1) is 16.6. The van der Waals surface area contributed by atoms with Gasteiger partial charge in [0.1, 0.15) is 6.04 Å². The Balaban J connectivity index is 2.02. The molecule has 35 heavy (non-hydrogen) atoms. The molecule has 0 aliphatic heterocycles. The summed E-state index contributed by atoms with van der Waals surface area (Å²) in [4.78, 5) is 58.4. The quantitative estimate of drug-likeness (QED) is 0.252. The molecule has 0 aromatic heterocycles. The molecular weight excluding hydrogens is 464 g/mol. The van der Waals surface area contributed by atoms with Crippen LogP contribution in [0.4, 0.5) is 0 Å². The molecule has 190 valence electrons. The third-order valence-electron chi connectivity index (χ3n) is 5.64. The van der Waals surface area contributed by atoms with Crippen molar-refractivity contribution in [3.8, 4) is 0 Å².